The fourth-order valence-corrected chi connectivity index (χ4v) is 6.78. The summed E-state index contributed by atoms with van der Waals surface area (Å²) >= 11 is 6.09. The lowest BCUT2D eigenvalue weighted by molar-refractivity contribution is -0.162. The molecule has 206 valence electrons. The summed E-state index contributed by atoms with van der Waals surface area (Å²) in [5.74, 6) is -2.89. The van der Waals surface area contributed by atoms with E-state index in [1.54, 1.807) is 41.3 Å². The number of anilines is 1. The molecule has 3 heterocycles. The molecule has 2 amide bonds. The number of benzene rings is 1. The van der Waals surface area contributed by atoms with Crippen LogP contribution in [0, 0.1) is 11.8 Å². The fourth-order valence-electron chi connectivity index (χ4n) is 6.65. The molecule has 3 aliphatic heterocycles. The fraction of sp³-hybridized carbons (Fsp3) is 0.552. The topological polar surface area (TPSA) is 96.4 Å². The first-order valence-corrected chi connectivity index (χ1v) is 13.7. The average molecular weight is 545 g/mol. The molecule has 0 radical (unpaired) electrons. The van der Waals surface area contributed by atoms with Gasteiger partial charge in [-0.25, -0.2) is 0 Å². The number of nitrogens with zero attached hydrogens (tertiary/aromatic N) is 2. The lowest BCUT2D eigenvalue weighted by Gasteiger charge is -2.39. The van der Waals surface area contributed by atoms with Crippen molar-refractivity contribution >= 4 is 35.1 Å². The Hall–Kier alpha value is -2.68. The van der Waals surface area contributed by atoms with Crippen LogP contribution in [0.1, 0.15) is 46.0 Å². The minimum Gasteiger partial charge on any atom is -0.465 e. The molecule has 1 aromatic carbocycles. The molecule has 1 spiro atoms. The van der Waals surface area contributed by atoms with Gasteiger partial charge in [0.05, 0.1) is 30.8 Å². The predicted molar refractivity (Wildman–Crippen MR) is 145 cm³/mol. The number of amides is 2. The Labute approximate surface area is 229 Å². The number of halogens is 1. The van der Waals surface area contributed by atoms with Crippen molar-refractivity contribution in [3.8, 4) is 0 Å². The summed E-state index contributed by atoms with van der Waals surface area (Å²) in [6, 6.07) is 5.24. The average Bonchev–Trinajstić information content (AvgIpc) is 3.52. The Morgan fingerprint density at radius 2 is 1.97 bits per heavy atom. The van der Waals surface area contributed by atoms with Gasteiger partial charge < -0.3 is 24.4 Å². The summed E-state index contributed by atoms with van der Waals surface area (Å²) < 4.78 is 12.3. The van der Waals surface area contributed by atoms with Crippen LogP contribution < -0.4 is 4.90 Å². The summed E-state index contributed by atoms with van der Waals surface area (Å²) in [5.41, 5.74) is -1.50. The van der Waals surface area contributed by atoms with E-state index >= 15 is 0 Å². The van der Waals surface area contributed by atoms with Crippen LogP contribution in [-0.4, -0.2) is 70.8 Å². The largest absolute Gasteiger partial charge is 0.465 e. The lowest BCUT2D eigenvalue weighted by atomic mass is 9.65. The highest BCUT2D eigenvalue weighted by molar-refractivity contribution is 6.30. The van der Waals surface area contributed by atoms with Crippen molar-refractivity contribution in [2.45, 2.75) is 69.2 Å². The number of esters is 1. The molecule has 3 aliphatic rings. The summed E-state index contributed by atoms with van der Waals surface area (Å²) in [5, 5.41) is 10.8. The standard InChI is InChI=1S/C29H37ClN2O6/c1-5-9-17-37-27(36)23-22-25(34)32(20(7-3)18-33)24(29(22)15-14-28(23,8-4)38-29)26(35)31(16-6-2)21-12-10-19(30)11-13-21/h5-6,10-13,20,22-24,33H,1-2,7-9,14-18H2,3-4H3/t20-,22-,23-,24?,28+,29?/m0/s1. The van der Waals surface area contributed by atoms with E-state index in [9.17, 15) is 19.5 Å². The second-order valence-electron chi connectivity index (χ2n) is 10.3. The second kappa shape index (κ2) is 11.2. The van der Waals surface area contributed by atoms with Crippen LogP contribution >= 0.6 is 11.6 Å². The highest BCUT2D eigenvalue weighted by Gasteiger charge is 2.79. The molecule has 38 heavy (non-hydrogen) atoms. The Morgan fingerprint density at radius 3 is 2.55 bits per heavy atom. The number of hydrogen-bond donors (Lipinski definition) is 1. The Kier molecular flexibility index (Phi) is 8.35. The van der Waals surface area contributed by atoms with Crippen LogP contribution in [0.2, 0.25) is 5.02 Å². The van der Waals surface area contributed by atoms with Gasteiger partial charge >= 0.3 is 5.97 Å². The first-order chi connectivity index (χ1) is 18.2. The van der Waals surface area contributed by atoms with Gasteiger partial charge in [-0.3, -0.25) is 14.4 Å². The first kappa shape index (κ1) is 28.3. The van der Waals surface area contributed by atoms with Gasteiger partial charge in [-0.05, 0) is 56.4 Å². The maximum Gasteiger partial charge on any atom is 0.312 e. The van der Waals surface area contributed by atoms with Crippen molar-refractivity contribution in [3.05, 3.63) is 54.6 Å². The minimum atomic E-state index is -1.21. The number of ether oxygens (including phenoxy) is 2. The molecule has 1 aromatic rings. The van der Waals surface area contributed by atoms with Crippen LogP contribution in [0.3, 0.4) is 0 Å². The number of likely N-dealkylation sites (tertiary alicyclic amines) is 1. The van der Waals surface area contributed by atoms with Crippen LogP contribution in [0.25, 0.3) is 0 Å². The van der Waals surface area contributed by atoms with Crippen molar-refractivity contribution in [1.29, 1.82) is 0 Å². The Balaban J connectivity index is 1.82. The SMILES string of the molecule is C=CCCOC(=O)[C@@H]1[C@H]2C(=O)N([C@@H](CC)CO)C(C(=O)N(CC=C)c3ccc(Cl)cc3)C23CC[C@@]1(CC)O3. The number of rotatable bonds is 12. The highest BCUT2D eigenvalue weighted by atomic mass is 35.5. The number of aliphatic hydroxyl groups excluding tert-OH is 1. The molecule has 6 atom stereocenters. The third-order valence-electron chi connectivity index (χ3n) is 8.46. The molecule has 0 aliphatic carbocycles. The third-order valence-corrected chi connectivity index (χ3v) is 8.72. The molecular formula is C29H37ClN2O6. The zero-order chi connectivity index (χ0) is 27.7. The van der Waals surface area contributed by atoms with Crippen molar-refractivity contribution in [2.75, 3.05) is 24.7 Å². The number of aliphatic hydroxyl groups is 1. The van der Waals surface area contributed by atoms with E-state index in [4.69, 9.17) is 21.1 Å². The van der Waals surface area contributed by atoms with Crippen LogP contribution in [0.15, 0.2) is 49.6 Å². The van der Waals surface area contributed by atoms with Crippen LogP contribution in [-0.2, 0) is 23.9 Å². The second-order valence-corrected chi connectivity index (χ2v) is 10.7. The van der Waals surface area contributed by atoms with Crippen molar-refractivity contribution < 1.29 is 29.0 Å². The molecule has 4 rings (SSSR count). The predicted octanol–water partition coefficient (Wildman–Crippen LogP) is 3.90. The molecule has 1 N–H and O–H groups in total. The molecule has 8 nitrogen and oxygen atoms in total. The smallest absolute Gasteiger partial charge is 0.312 e. The zero-order valence-electron chi connectivity index (χ0n) is 22.1. The van der Waals surface area contributed by atoms with E-state index in [2.05, 4.69) is 13.2 Å². The van der Waals surface area contributed by atoms with E-state index in [1.165, 1.54) is 4.90 Å². The van der Waals surface area contributed by atoms with Gasteiger partial charge in [0, 0.05) is 17.3 Å². The summed E-state index contributed by atoms with van der Waals surface area (Å²) in [6.45, 7) is 11.3. The van der Waals surface area contributed by atoms with E-state index in [0.717, 1.165) is 0 Å². The molecular weight excluding hydrogens is 508 g/mol. The monoisotopic (exact) mass is 544 g/mol. The van der Waals surface area contributed by atoms with E-state index in [1.807, 2.05) is 13.8 Å². The Bertz CT molecular complexity index is 1090. The number of hydrogen-bond acceptors (Lipinski definition) is 6. The quantitative estimate of drug-likeness (QED) is 0.243. The minimum absolute atomic E-state index is 0.163. The molecule has 2 bridgehead atoms. The molecule has 0 aromatic heterocycles. The summed E-state index contributed by atoms with van der Waals surface area (Å²) in [7, 11) is 0. The van der Waals surface area contributed by atoms with Gasteiger partial charge in [0.25, 0.3) is 5.91 Å². The molecule has 0 saturated carbocycles. The van der Waals surface area contributed by atoms with E-state index in [0.29, 0.717) is 42.8 Å². The molecule has 9 heteroatoms. The third kappa shape index (κ3) is 4.36. The first-order valence-electron chi connectivity index (χ1n) is 13.3. The van der Waals surface area contributed by atoms with Gasteiger partial charge in [-0.2, -0.15) is 0 Å². The number of carbonyl (C=O) groups excluding carboxylic acids is 3. The molecule has 2 unspecified atom stereocenters. The van der Waals surface area contributed by atoms with Crippen LogP contribution in [0.5, 0.6) is 0 Å². The number of fused-ring (bicyclic) bond motifs is 1. The van der Waals surface area contributed by atoms with Crippen LogP contribution in [0.4, 0.5) is 5.69 Å². The maximum absolute atomic E-state index is 14.5. The lowest BCUT2D eigenvalue weighted by Crippen LogP contribution is -2.59. The molecule has 3 fully saturated rings. The van der Waals surface area contributed by atoms with Gasteiger partial charge in [-0.1, -0.05) is 37.6 Å². The maximum atomic E-state index is 14.5. The van der Waals surface area contributed by atoms with Gasteiger partial charge in [0.1, 0.15) is 17.6 Å². The number of carbonyl (C=O) groups is 3. The van der Waals surface area contributed by atoms with Crippen molar-refractivity contribution in [3.63, 3.8) is 0 Å². The zero-order valence-corrected chi connectivity index (χ0v) is 22.9. The summed E-state index contributed by atoms with van der Waals surface area (Å²) in [4.78, 5) is 45.2. The normalized spacial score (nSPS) is 30.2. The highest BCUT2D eigenvalue weighted by Crippen LogP contribution is 2.65. The summed E-state index contributed by atoms with van der Waals surface area (Å²) in [6.07, 6.45) is 5.70. The van der Waals surface area contributed by atoms with E-state index < -0.39 is 41.1 Å². The van der Waals surface area contributed by atoms with Crippen molar-refractivity contribution in [1.82, 2.24) is 4.90 Å². The van der Waals surface area contributed by atoms with Crippen molar-refractivity contribution in [2.24, 2.45) is 11.8 Å². The van der Waals surface area contributed by atoms with E-state index in [-0.39, 0.29) is 31.6 Å². The molecule has 3 saturated heterocycles. The van der Waals surface area contributed by atoms with Gasteiger partial charge in [0.15, 0.2) is 0 Å². The Morgan fingerprint density at radius 1 is 1.26 bits per heavy atom. The van der Waals surface area contributed by atoms with Gasteiger partial charge in [0.2, 0.25) is 5.91 Å². The van der Waals surface area contributed by atoms with Gasteiger partial charge in [-0.15, -0.1) is 13.2 Å².